The maximum absolute atomic E-state index is 4.07. The second kappa shape index (κ2) is 4.89. The Morgan fingerprint density at radius 1 is 1.38 bits per heavy atom. The van der Waals surface area contributed by atoms with E-state index in [1.54, 1.807) is 0 Å². The summed E-state index contributed by atoms with van der Waals surface area (Å²) >= 11 is 0. The highest BCUT2D eigenvalue weighted by Crippen LogP contribution is 2.27. The Morgan fingerprint density at radius 2 is 2.12 bits per heavy atom. The first kappa shape index (κ1) is 12.1. The van der Waals surface area contributed by atoms with Crippen LogP contribution in [-0.2, 0) is 0 Å². The van der Waals surface area contributed by atoms with Gasteiger partial charge in [-0.3, -0.25) is 9.80 Å². The van der Waals surface area contributed by atoms with Gasteiger partial charge < -0.3 is 0 Å². The average Bonchev–Trinajstić information content (AvgIpc) is 2.62. The maximum atomic E-state index is 4.07. The van der Waals surface area contributed by atoms with Gasteiger partial charge in [-0.2, -0.15) is 0 Å². The van der Waals surface area contributed by atoms with E-state index >= 15 is 0 Å². The fourth-order valence-electron chi connectivity index (χ4n) is 3.27. The minimum atomic E-state index is 0.728. The lowest BCUT2D eigenvalue weighted by molar-refractivity contribution is 0.0360. The predicted molar refractivity (Wildman–Crippen MR) is 69.6 cm³/mol. The number of hydrogen-bond acceptors (Lipinski definition) is 2. The standard InChI is InChI=1S/C14H26N2/c1-11(2)8-16-9-13-6-5-7-15(13)10-14(16)12(3)4/h12-14H,1,5-10H2,2-4H3. The molecule has 0 bridgehead atoms. The number of piperazine rings is 1. The molecule has 0 aromatic heterocycles. The molecule has 2 nitrogen and oxygen atoms in total. The van der Waals surface area contributed by atoms with Gasteiger partial charge in [0.2, 0.25) is 0 Å². The van der Waals surface area contributed by atoms with Crippen LogP contribution in [0, 0.1) is 5.92 Å². The van der Waals surface area contributed by atoms with E-state index in [0.29, 0.717) is 0 Å². The molecule has 2 heteroatoms. The number of hydrogen-bond donors (Lipinski definition) is 0. The van der Waals surface area contributed by atoms with Crippen molar-refractivity contribution in [2.24, 2.45) is 5.92 Å². The molecule has 2 rings (SSSR count). The average molecular weight is 222 g/mol. The lowest BCUT2D eigenvalue weighted by atomic mass is 9.97. The van der Waals surface area contributed by atoms with E-state index in [1.165, 1.54) is 38.0 Å². The summed E-state index contributed by atoms with van der Waals surface area (Å²) in [5.74, 6) is 0.751. The molecule has 0 aliphatic carbocycles. The largest absolute Gasteiger partial charge is 0.298 e. The zero-order valence-corrected chi connectivity index (χ0v) is 11.1. The molecule has 2 saturated heterocycles. The quantitative estimate of drug-likeness (QED) is 0.676. The number of nitrogens with zero attached hydrogens (tertiary/aromatic N) is 2. The predicted octanol–water partition coefficient (Wildman–Crippen LogP) is 2.37. The first-order valence-corrected chi connectivity index (χ1v) is 6.70. The van der Waals surface area contributed by atoms with E-state index in [9.17, 15) is 0 Å². The number of rotatable bonds is 3. The maximum Gasteiger partial charge on any atom is 0.0250 e. The van der Waals surface area contributed by atoms with Crippen molar-refractivity contribution in [2.45, 2.75) is 45.7 Å². The lowest BCUT2D eigenvalue weighted by Crippen LogP contribution is -2.57. The SMILES string of the molecule is C=C(C)CN1CC2CCCN2CC1C(C)C. The summed E-state index contributed by atoms with van der Waals surface area (Å²) in [5, 5.41) is 0. The van der Waals surface area contributed by atoms with Crippen molar-refractivity contribution in [1.29, 1.82) is 0 Å². The van der Waals surface area contributed by atoms with Gasteiger partial charge in [-0.1, -0.05) is 26.0 Å². The van der Waals surface area contributed by atoms with Crippen LogP contribution in [0.4, 0.5) is 0 Å². The molecule has 0 aromatic rings. The van der Waals surface area contributed by atoms with E-state index in [0.717, 1.165) is 24.5 Å². The Morgan fingerprint density at radius 3 is 2.75 bits per heavy atom. The molecule has 0 N–H and O–H groups in total. The minimum absolute atomic E-state index is 0.728. The van der Waals surface area contributed by atoms with Crippen LogP contribution in [0.1, 0.15) is 33.6 Å². The van der Waals surface area contributed by atoms with Crippen LogP contribution in [0.2, 0.25) is 0 Å². The fourth-order valence-corrected chi connectivity index (χ4v) is 3.27. The summed E-state index contributed by atoms with van der Waals surface area (Å²) < 4.78 is 0. The second-order valence-corrected chi connectivity index (χ2v) is 5.99. The van der Waals surface area contributed by atoms with Gasteiger partial charge >= 0.3 is 0 Å². The van der Waals surface area contributed by atoms with Gasteiger partial charge in [0.1, 0.15) is 0 Å². The topological polar surface area (TPSA) is 6.48 Å². The summed E-state index contributed by atoms with van der Waals surface area (Å²) in [6.45, 7) is 15.9. The van der Waals surface area contributed by atoms with E-state index in [2.05, 4.69) is 37.1 Å². The molecule has 0 radical (unpaired) electrons. The van der Waals surface area contributed by atoms with Gasteiger partial charge in [0, 0.05) is 31.7 Å². The van der Waals surface area contributed by atoms with Gasteiger partial charge in [-0.05, 0) is 32.2 Å². The van der Waals surface area contributed by atoms with Crippen molar-refractivity contribution in [3.8, 4) is 0 Å². The Hall–Kier alpha value is -0.340. The summed E-state index contributed by atoms with van der Waals surface area (Å²) in [6, 6.07) is 1.56. The Bertz CT molecular complexity index is 259. The summed E-state index contributed by atoms with van der Waals surface area (Å²) in [7, 11) is 0. The van der Waals surface area contributed by atoms with E-state index in [4.69, 9.17) is 0 Å². The summed E-state index contributed by atoms with van der Waals surface area (Å²) in [5.41, 5.74) is 1.30. The first-order valence-electron chi connectivity index (χ1n) is 6.70. The molecule has 0 aromatic carbocycles. The molecule has 92 valence electrons. The van der Waals surface area contributed by atoms with E-state index < -0.39 is 0 Å². The van der Waals surface area contributed by atoms with E-state index in [-0.39, 0.29) is 0 Å². The van der Waals surface area contributed by atoms with Crippen molar-refractivity contribution >= 4 is 0 Å². The lowest BCUT2D eigenvalue weighted by Gasteiger charge is -2.45. The van der Waals surface area contributed by atoms with Crippen LogP contribution in [0.3, 0.4) is 0 Å². The molecule has 2 aliphatic rings. The molecule has 2 heterocycles. The zero-order chi connectivity index (χ0) is 11.7. The highest BCUT2D eigenvalue weighted by atomic mass is 15.3. The van der Waals surface area contributed by atoms with Crippen molar-refractivity contribution in [3.05, 3.63) is 12.2 Å². The third-order valence-corrected chi connectivity index (χ3v) is 4.08. The molecule has 2 atom stereocenters. The molecule has 0 saturated carbocycles. The van der Waals surface area contributed by atoms with Gasteiger partial charge in [0.25, 0.3) is 0 Å². The Balaban J connectivity index is 2.04. The molecule has 2 fully saturated rings. The molecule has 16 heavy (non-hydrogen) atoms. The third kappa shape index (κ3) is 2.49. The Kier molecular flexibility index (Phi) is 3.70. The van der Waals surface area contributed by atoms with Crippen LogP contribution in [0.25, 0.3) is 0 Å². The molecule has 0 spiro atoms. The van der Waals surface area contributed by atoms with E-state index in [1.807, 2.05) is 0 Å². The van der Waals surface area contributed by atoms with Crippen LogP contribution in [0.15, 0.2) is 12.2 Å². The molecule has 2 unspecified atom stereocenters. The van der Waals surface area contributed by atoms with Crippen molar-refractivity contribution in [2.75, 3.05) is 26.2 Å². The molecule has 2 aliphatic heterocycles. The van der Waals surface area contributed by atoms with Crippen molar-refractivity contribution in [3.63, 3.8) is 0 Å². The normalized spacial score (nSPS) is 32.0. The van der Waals surface area contributed by atoms with Gasteiger partial charge in [-0.25, -0.2) is 0 Å². The summed E-state index contributed by atoms with van der Waals surface area (Å²) in [6.07, 6.45) is 2.80. The molecular weight excluding hydrogens is 196 g/mol. The smallest absolute Gasteiger partial charge is 0.0250 e. The van der Waals surface area contributed by atoms with Crippen molar-refractivity contribution < 1.29 is 0 Å². The van der Waals surface area contributed by atoms with Crippen molar-refractivity contribution in [1.82, 2.24) is 9.80 Å². The first-order chi connectivity index (χ1) is 7.58. The minimum Gasteiger partial charge on any atom is -0.298 e. The molecule has 0 amide bonds. The van der Waals surface area contributed by atoms with Crippen LogP contribution in [-0.4, -0.2) is 48.1 Å². The molecular formula is C14H26N2. The number of fused-ring (bicyclic) bond motifs is 1. The summed E-state index contributed by atoms with van der Waals surface area (Å²) in [4.78, 5) is 5.37. The van der Waals surface area contributed by atoms with Crippen LogP contribution in [0.5, 0.6) is 0 Å². The monoisotopic (exact) mass is 222 g/mol. The third-order valence-electron chi connectivity index (χ3n) is 4.08. The van der Waals surface area contributed by atoms with Gasteiger partial charge in [0.05, 0.1) is 0 Å². The zero-order valence-electron chi connectivity index (χ0n) is 11.1. The Labute approximate surface area is 100 Å². The van der Waals surface area contributed by atoms with Gasteiger partial charge in [-0.15, -0.1) is 0 Å². The highest BCUT2D eigenvalue weighted by Gasteiger charge is 2.36. The van der Waals surface area contributed by atoms with Crippen LogP contribution < -0.4 is 0 Å². The highest BCUT2D eigenvalue weighted by molar-refractivity contribution is 4.99. The van der Waals surface area contributed by atoms with Crippen LogP contribution >= 0.6 is 0 Å². The van der Waals surface area contributed by atoms with Gasteiger partial charge in [0.15, 0.2) is 0 Å². The fraction of sp³-hybridized carbons (Fsp3) is 0.857. The second-order valence-electron chi connectivity index (χ2n) is 5.99.